The molecule has 2 heterocycles. The molecular weight excluding hydrogens is 501 g/mol. The van der Waals surface area contributed by atoms with Crippen molar-refractivity contribution in [3.05, 3.63) is 36.2 Å². The molecule has 0 unspecified atom stereocenters. The maximum atomic E-state index is 13.2. The van der Waals surface area contributed by atoms with Gasteiger partial charge in [0.1, 0.15) is 4.90 Å². The van der Waals surface area contributed by atoms with Gasteiger partial charge in [-0.05, 0) is 22.9 Å². The number of hydrogen-bond acceptors (Lipinski definition) is 9. The molecule has 2 aromatic heterocycles. The van der Waals surface area contributed by atoms with Crippen LogP contribution in [0.3, 0.4) is 0 Å². The van der Waals surface area contributed by atoms with Crippen LogP contribution in [-0.4, -0.2) is 59.7 Å². The van der Waals surface area contributed by atoms with E-state index in [0.717, 1.165) is 6.07 Å². The summed E-state index contributed by atoms with van der Waals surface area (Å²) in [6.07, 6.45) is -4.78. The number of aromatic amines is 2. The van der Waals surface area contributed by atoms with Crippen molar-refractivity contribution >= 4 is 30.9 Å². The summed E-state index contributed by atoms with van der Waals surface area (Å²) in [5, 5.41) is 18.4. The Bertz CT molecular complexity index is 1600. The van der Waals surface area contributed by atoms with E-state index in [9.17, 15) is 30.0 Å². The number of hydrogen-bond donors (Lipinski definition) is 4. The number of sulfonamides is 1. The lowest BCUT2D eigenvalue weighted by molar-refractivity contribution is -0.144. The SMILES string of the molecule is NCCS(=O)(=O)c1ccc(-c2cccc3[nH]c(C(F)(F)F)nc23)c(-c2nn[nH]n2)c1S(N)(=O)=O. The second kappa shape index (κ2) is 8.12. The van der Waals surface area contributed by atoms with Crippen molar-refractivity contribution in [3.63, 3.8) is 0 Å². The third-order valence-electron chi connectivity index (χ3n) is 4.77. The van der Waals surface area contributed by atoms with Crippen molar-refractivity contribution in [3.8, 4) is 22.5 Å². The Hall–Kier alpha value is -3.41. The number of alkyl halides is 3. The molecule has 0 fully saturated rings. The van der Waals surface area contributed by atoms with Crippen molar-refractivity contribution in [1.29, 1.82) is 0 Å². The lowest BCUT2D eigenvalue weighted by atomic mass is 9.98. The largest absolute Gasteiger partial charge is 0.449 e. The molecule has 2 aromatic carbocycles. The van der Waals surface area contributed by atoms with Crippen molar-refractivity contribution in [2.24, 2.45) is 10.9 Å². The molecule has 0 aliphatic heterocycles. The monoisotopic (exact) mass is 516 g/mol. The number of benzene rings is 2. The van der Waals surface area contributed by atoms with Crippen LogP contribution < -0.4 is 10.9 Å². The molecule has 6 N–H and O–H groups in total. The Morgan fingerprint density at radius 2 is 1.76 bits per heavy atom. The summed E-state index contributed by atoms with van der Waals surface area (Å²) in [4.78, 5) is 4.27. The predicted molar refractivity (Wildman–Crippen MR) is 112 cm³/mol. The van der Waals surface area contributed by atoms with Gasteiger partial charge >= 0.3 is 6.18 Å². The molecule has 0 atom stereocenters. The summed E-state index contributed by atoms with van der Waals surface area (Å²) in [6.45, 7) is -0.307. The van der Waals surface area contributed by atoms with Gasteiger partial charge in [-0.15, -0.1) is 10.2 Å². The van der Waals surface area contributed by atoms with Crippen LogP contribution in [0.15, 0.2) is 40.1 Å². The van der Waals surface area contributed by atoms with Crippen molar-refractivity contribution < 1.29 is 30.0 Å². The Kier molecular flexibility index (Phi) is 5.67. The van der Waals surface area contributed by atoms with E-state index in [1.54, 1.807) is 0 Å². The molecule has 180 valence electrons. The van der Waals surface area contributed by atoms with Crippen LogP contribution in [0.25, 0.3) is 33.5 Å². The number of nitrogens with two attached hydrogens (primary N) is 2. The quantitative estimate of drug-likeness (QED) is 0.286. The fourth-order valence-corrected chi connectivity index (χ4v) is 6.21. The zero-order valence-corrected chi connectivity index (χ0v) is 18.5. The van der Waals surface area contributed by atoms with Gasteiger partial charge < -0.3 is 10.7 Å². The van der Waals surface area contributed by atoms with E-state index in [4.69, 9.17) is 10.9 Å². The summed E-state index contributed by atoms with van der Waals surface area (Å²) < 4.78 is 90.6. The number of nitrogens with one attached hydrogen (secondary N) is 2. The molecule has 0 bridgehead atoms. The van der Waals surface area contributed by atoms with Crippen LogP contribution in [0.1, 0.15) is 5.82 Å². The minimum Gasteiger partial charge on any atom is -0.334 e. The molecule has 12 nitrogen and oxygen atoms in total. The highest BCUT2D eigenvalue weighted by Crippen LogP contribution is 2.41. The van der Waals surface area contributed by atoms with Crippen LogP contribution in [-0.2, 0) is 26.0 Å². The fourth-order valence-electron chi connectivity index (χ4n) is 3.45. The highest BCUT2D eigenvalue weighted by atomic mass is 32.2. The Balaban J connectivity index is 2.15. The number of fused-ring (bicyclic) bond motifs is 1. The first-order valence-electron chi connectivity index (χ1n) is 9.27. The number of H-pyrrole nitrogens is 2. The molecule has 34 heavy (non-hydrogen) atoms. The van der Waals surface area contributed by atoms with Gasteiger partial charge in [0.15, 0.2) is 9.84 Å². The zero-order valence-electron chi connectivity index (χ0n) is 16.8. The third kappa shape index (κ3) is 4.13. The maximum absolute atomic E-state index is 13.2. The Labute approximate surface area is 189 Å². The number of imidazole rings is 1. The minimum absolute atomic E-state index is 0.000808. The summed E-state index contributed by atoms with van der Waals surface area (Å²) in [7, 11) is -8.98. The van der Waals surface area contributed by atoms with Crippen LogP contribution in [0.2, 0.25) is 0 Å². The van der Waals surface area contributed by atoms with Crippen LogP contribution in [0, 0.1) is 0 Å². The lowest BCUT2D eigenvalue weighted by Crippen LogP contribution is -2.22. The van der Waals surface area contributed by atoms with E-state index in [0.29, 0.717) is 0 Å². The minimum atomic E-state index is -4.78. The predicted octanol–water partition coefficient (Wildman–Crippen LogP) is 0.809. The Morgan fingerprint density at radius 3 is 2.35 bits per heavy atom. The van der Waals surface area contributed by atoms with Gasteiger partial charge in [0.05, 0.1) is 27.2 Å². The standard InChI is InChI=1S/C17H15F3N8O4S2/c18-17(19,20)16-23-10-3-1-2-9(13(10)24-16)8-4-5-11(33(29,30)7-6-21)14(34(22,31)32)12(8)15-25-27-28-26-15/h1-5H,6-7,21H2,(H,23,24)(H2,22,31,32)(H,25,26,27,28). The number of sulfone groups is 1. The highest BCUT2D eigenvalue weighted by molar-refractivity contribution is 7.93. The summed E-state index contributed by atoms with van der Waals surface area (Å²) >= 11 is 0. The van der Waals surface area contributed by atoms with Crippen molar-refractivity contribution in [1.82, 2.24) is 30.6 Å². The van der Waals surface area contributed by atoms with Crippen molar-refractivity contribution in [2.45, 2.75) is 16.0 Å². The van der Waals surface area contributed by atoms with Gasteiger partial charge in [-0.3, -0.25) is 0 Å². The average molecular weight is 516 g/mol. The number of para-hydroxylation sites is 1. The van der Waals surface area contributed by atoms with E-state index >= 15 is 0 Å². The van der Waals surface area contributed by atoms with E-state index in [1.165, 1.54) is 24.3 Å². The van der Waals surface area contributed by atoms with Gasteiger partial charge in [0.2, 0.25) is 21.7 Å². The van der Waals surface area contributed by atoms with E-state index in [-0.39, 0.29) is 40.1 Å². The number of halogens is 3. The first-order valence-corrected chi connectivity index (χ1v) is 12.5. The van der Waals surface area contributed by atoms with Crippen LogP contribution in [0.4, 0.5) is 13.2 Å². The first-order chi connectivity index (χ1) is 15.8. The van der Waals surface area contributed by atoms with Gasteiger partial charge in [-0.25, -0.2) is 27.0 Å². The van der Waals surface area contributed by atoms with Gasteiger partial charge in [-0.1, -0.05) is 18.2 Å². The molecule has 0 saturated heterocycles. The van der Waals surface area contributed by atoms with E-state index < -0.39 is 47.4 Å². The lowest BCUT2D eigenvalue weighted by Gasteiger charge is -2.16. The molecule has 0 aliphatic rings. The summed E-state index contributed by atoms with van der Waals surface area (Å²) in [5.41, 5.74) is 4.83. The molecule has 4 aromatic rings. The molecular formula is C17H15F3N8O4S2. The topological polar surface area (TPSA) is 203 Å². The number of nitrogens with zero attached hydrogens (tertiary/aromatic N) is 4. The second-order valence-corrected chi connectivity index (χ2v) is 10.6. The second-order valence-electron chi connectivity index (χ2n) is 6.99. The number of primary sulfonamides is 1. The molecule has 4 rings (SSSR count). The normalized spacial score (nSPS) is 13.0. The van der Waals surface area contributed by atoms with E-state index in [2.05, 4.69) is 30.6 Å². The molecule has 0 amide bonds. The molecule has 0 aliphatic carbocycles. The Morgan fingerprint density at radius 1 is 1.03 bits per heavy atom. The highest BCUT2D eigenvalue weighted by Gasteiger charge is 2.36. The van der Waals surface area contributed by atoms with Gasteiger partial charge in [0, 0.05) is 12.1 Å². The smallest absolute Gasteiger partial charge is 0.334 e. The average Bonchev–Trinajstić information content (AvgIpc) is 3.41. The molecule has 17 heteroatoms. The summed E-state index contributed by atoms with van der Waals surface area (Å²) in [6, 6.07) is 6.32. The fraction of sp³-hybridized carbons (Fsp3) is 0.176. The summed E-state index contributed by atoms with van der Waals surface area (Å²) in [5.74, 6) is -2.22. The first kappa shape index (κ1) is 23.7. The number of aromatic nitrogens is 6. The molecule has 0 saturated carbocycles. The maximum Gasteiger partial charge on any atom is 0.449 e. The molecule has 0 spiro atoms. The van der Waals surface area contributed by atoms with Crippen LogP contribution >= 0.6 is 0 Å². The molecule has 0 radical (unpaired) electrons. The van der Waals surface area contributed by atoms with Crippen molar-refractivity contribution in [2.75, 3.05) is 12.3 Å². The third-order valence-corrected chi connectivity index (χ3v) is 7.67. The van der Waals surface area contributed by atoms with Gasteiger partial charge in [-0.2, -0.15) is 18.4 Å². The zero-order chi connectivity index (χ0) is 24.9. The van der Waals surface area contributed by atoms with Gasteiger partial charge in [0.25, 0.3) is 0 Å². The number of rotatable bonds is 6. The number of tetrazole rings is 1. The van der Waals surface area contributed by atoms with E-state index in [1.807, 2.05) is 0 Å². The van der Waals surface area contributed by atoms with Crippen LogP contribution in [0.5, 0.6) is 0 Å².